The molecule has 5 rings (SSSR count). The molecule has 2 aromatic heterocycles. The van der Waals surface area contributed by atoms with Gasteiger partial charge in [-0.25, -0.2) is 10.1 Å². The fraction of sp³-hybridized carbons (Fsp3) is 0.417. The van der Waals surface area contributed by atoms with Gasteiger partial charge in [0, 0.05) is 17.8 Å². The minimum atomic E-state index is -4.00. The van der Waals surface area contributed by atoms with Crippen molar-refractivity contribution in [2.75, 3.05) is 11.9 Å². The lowest BCUT2D eigenvalue weighted by Crippen LogP contribution is -2.29. The largest absolute Gasteiger partial charge is 0.391 e. The fourth-order valence-electron chi connectivity index (χ4n) is 5.24. The number of nitrogens with zero attached hydrogens (tertiary/aromatic N) is 3. The zero-order valence-corrected chi connectivity index (χ0v) is 20.0. The minimum absolute atomic E-state index is 0.0454. The van der Waals surface area contributed by atoms with E-state index in [0.717, 1.165) is 17.7 Å². The first-order valence-corrected chi connectivity index (χ1v) is 12.9. The number of aryl methyl sites for hydroxylation is 1. The Morgan fingerprint density at radius 1 is 1.29 bits per heavy atom. The van der Waals surface area contributed by atoms with Crippen LogP contribution in [0.2, 0.25) is 0 Å². The summed E-state index contributed by atoms with van der Waals surface area (Å²) in [4.78, 5) is 4.48. The van der Waals surface area contributed by atoms with Gasteiger partial charge in [-0.05, 0) is 60.8 Å². The second-order valence-electron chi connectivity index (χ2n) is 9.36. The average molecular weight is 484 g/mol. The van der Waals surface area contributed by atoms with E-state index in [2.05, 4.69) is 48.4 Å². The number of anilines is 1. The molecular formula is C24H29N5O4S. The van der Waals surface area contributed by atoms with Gasteiger partial charge in [0.25, 0.3) is 0 Å². The lowest BCUT2D eigenvalue weighted by Gasteiger charge is -2.22. The van der Waals surface area contributed by atoms with Gasteiger partial charge < -0.3 is 10.4 Å². The number of benzene rings is 1. The predicted octanol–water partition coefficient (Wildman–Crippen LogP) is 3.00. The Morgan fingerprint density at radius 3 is 2.91 bits per heavy atom. The summed E-state index contributed by atoms with van der Waals surface area (Å²) < 4.78 is 28.6. The molecule has 4 unspecified atom stereocenters. The number of aliphatic hydroxyl groups is 1. The third-order valence-electron chi connectivity index (χ3n) is 6.83. The number of fused-ring (bicyclic) bond motifs is 2. The van der Waals surface area contributed by atoms with E-state index in [4.69, 9.17) is 14.4 Å². The van der Waals surface area contributed by atoms with Crippen LogP contribution in [-0.4, -0.2) is 46.9 Å². The summed E-state index contributed by atoms with van der Waals surface area (Å²) in [7, 11) is -4.00. The lowest BCUT2D eigenvalue weighted by atomic mass is 9.82. The van der Waals surface area contributed by atoms with Crippen LogP contribution in [0.3, 0.4) is 0 Å². The Kier molecular flexibility index (Phi) is 5.93. The second kappa shape index (κ2) is 8.77. The normalized spacial score (nSPS) is 24.5. The molecule has 4 atom stereocenters. The van der Waals surface area contributed by atoms with Crippen molar-refractivity contribution in [3.05, 3.63) is 53.2 Å². The van der Waals surface area contributed by atoms with Crippen LogP contribution in [0, 0.1) is 12.8 Å². The standard InChI is InChI=1S/C24H29N5O4S/c1-14-4-3-5-18-17(7-6-15(2)24(14)18)19-12-23-26-9-8-22(29(23)28-19)27-20-10-16(11-21(20)30)13-33-34(25,31)32/h3,5-9,12,14,16,20-21,27,30H,4,10-11,13H2,1-2H3,(H2,25,31,32). The van der Waals surface area contributed by atoms with Crippen LogP contribution in [0.5, 0.6) is 0 Å². The van der Waals surface area contributed by atoms with Crippen molar-refractivity contribution in [1.29, 1.82) is 0 Å². The van der Waals surface area contributed by atoms with E-state index in [1.165, 1.54) is 16.7 Å². The highest BCUT2D eigenvalue weighted by atomic mass is 32.2. The lowest BCUT2D eigenvalue weighted by molar-refractivity contribution is 0.160. The minimum Gasteiger partial charge on any atom is -0.391 e. The van der Waals surface area contributed by atoms with Crippen LogP contribution < -0.4 is 10.5 Å². The Hall–Kier alpha value is -2.79. The highest BCUT2D eigenvalue weighted by Gasteiger charge is 2.34. The van der Waals surface area contributed by atoms with Gasteiger partial charge in [-0.1, -0.05) is 31.2 Å². The SMILES string of the molecule is Cc1ccc(-c2cc3nccc(NC4CC(COS(N)(=O)=O)CC4O)n3n2)c2c1C(C)CC=C2. The molecule has 4 N–H and O–H groups in total. The highest BCUT2D eigenvalue weighted by Crippen LogP contribution is 2.38. The summed E-state index contributed by atoms with van der Waals surface area (Å²) in [5.41, 5.74) is 6.47. The molecule has 10 heteroatoms. The summed E-state index contributed by atoms with van der Waals surface area (Å²) in [6, 6.07) is 7.78. The maximum atomic E-state index is 11.1. The molecule has 0 aliphatic heterocycles. The van der Waals surface area contributed by atoms with Crippen LogP contribution >= 0.6 is 0 Å². The summed E-state index contributed by atoms with van der Waals surface area (Å²) in [5.74, 6) is 1.05. The van der Waals surface area contributed by atoms with Gasteiger partial charge in [0.15, 0.2) is 5.65 Å². The number of nitrogens with two attached hydrogens (primary N) is 1. The van der Waals surface area contributed by atoms with Crippen LogP contribution in [-0.2, 0) is 14.5 Å². The monoisotopic (exact) mass is 483 g/mol. The van der Waals surface area contributed by atoms with Gasteiger partial charge in [0.05, 0.1) is 24.4 Å². The molecule has 34 heavy (non-hydrogen) atoms. The van der Waals surface area contributed by atoms with Gasteiger partial charge in [0.2, 0.25) is 0 Å². The van der Waals surface area contributed by atoms with E-state index < -0.39 is 16.4 Å². The van der Waals surface area contributed by atoms with E-state index in [1.54, 1.807) is 10.7 Å². The maximum absolute atomic E-state index is 11.1. The summed E-state index contributed by atoms with van der Waals surface area (Å²) in [5, 5.41) is 23.7. The molecule has 0 saturated heterocycles. The highest BCUT2D eigenvalue weighted by molar-refractivity contribution is 7.84. The van der Waals surface area contributed by atoms with E-state index in [1.807, 2.05) is 12.1 Å². The summed E-state index contributed by atoms with van der Waals surface area (Å²) in [6.45, 7) is 4.36. The number of nitrogens with one attached hydrogen (secondary N) is 1. The summed E-state index contributed by atoms with van der Waals surface area (Å²) in [6.07, 6.45) is 7.46. The molecule has 2 aliphatic carbocycles. The molecule has 3 aromatic rings. The Labute approximate surface area is 198 Å². The Morgan fingerprint density at radius 2 is 2.12 bits per heavy atom. The van der Waals surface area contributed by atoms with Crippen molar-refractivity contribution >= 4 is 27.8 Å². The first-order valence-electron chi connectivity index (χ1n) is 11.5. The smallest absolute Gasteiger partial charge is 0.333 e. The van der Waals surface area contributed by atoms with Gasteiger partial charge in [-0.3, -0.25) is 4.18 Å². The van der Waals surface area contributed by atoms with Gasteiger partial charge >= 0.3 is 10.3 Å². The number of hydrogen-bond donors (Lipinski definition) is 3. The van der Waals surface area contributed by atoms with E-state index in [9.17, 15) is 13.5 Å². The molecule has 2 aliphatic rings. The number of hydrogen-bond acceptors (Lipinski definition) is 7. The van der Waals surface area contributed by atoms with Crippen molar-refractivity contribution in [3.8, 4) is 11.3 Å². The molecule has 0 spiro atoms. The molecule has 1 fully saturated rings. The van der Waals surface area contributed by atoms with E-state index in [-0.39, 0.29) is 18.6 Å². The van der Waals surface area contributed by atoms with Crippen molar-refractivity contribution in [2.45, 2.75) is 51.2 Å². The fourth-order valence-corrected chi connectivity index (χ4v) is 5.62. The first-order chi connectivity index (χ1) is 16.2. The van der Waals surface area contributed by atoms with Crippen molar-refractivity contribution < 1.29 is 17.7 Å². The van der Waals surface area contributed by atoms with E-state index >= 15 is 0 Å². The van der Waals surface area contributed by atoms with E-state index in [0.29, 0.717) is 30.2 Å². The molecule has 1 saturated carbocycles. The maximum Gasteiger partial charge on any atom is 0.333 e. The van der Waals surface area contributed by atoms with Crippen molar-refractivity contribution in [3.63, 3.8) is 0 Å². The van der Waals surface area contributed by atoms with Crippen LogP contribution in [0.25, 0.3) is 23.0 Å². The molecule has 0 amide bonds. The number of aliphatic hydroxyl groups excluding tert-OH is 1. The molecule has 1 aromatic carbocycles. The quantitative estimate of drug-likeness (QED) is 0.491. The van der Waals surface area contributed by atoms with Crippen LogP contribution in [0.1, 0.15) is 48.8 Å². The van der Waals surface area contributed by atoms with Gasteiger partial charge in [-0.2, -0.15) is 18.0 Å². The average Bonchev–Trinajstić information content (AvgIpc) is 3.36. The van der Waals surface area contributed by atoms with Crippen molar-refractivity contribution in [2.24, 2.45) is 11.1 Å². The molecule has 2 heterocycles. The number of aromatic nitrogens is 3. The molecule has 0 radical (unpaired) electrons. The van der Waals surface area contributed by atoms with Gasteiger partial charge in [0.1, 0.15) is 5.82 Å². The number of rotatable bonds is 6. The zero-order chi connectivity index (χ0) is 24.0. The topological polar surface area (TPSA) is 132 Å². The predicted molar refractivity (Wildman–Crippen MR) is 130 cm³/mol. The molecular weight excluding hydrogens is 454 g/mol. The third-order valence-corrected chi connectivity index (χ3v) is 7.30. The van der Waals surface area contributed by atoms with Gasteiger partial charge in [-0.15, -0.1) is 0 Å². The Balaban J connectivity index is 1.43. The number of allylic oxidation sites excluding steroid dienone is 1. The van der Waals surface area contributed by atoms with Crippen molar-refractivity contribution in [1.82, 2.24) is 14.6 Å². The molecule has 9 nitrogen and oxygen atoms in total. The molecule has 180 valence electrons. The van der Waals surface area contributed by atoms with Crippen LogP contribution in [0.15, 0.2) is 36.5 Å². The third kappa shape index (κ3) is 4.46. The van der Waals surface area contributed by atoms with Crippen LogP contribution in [0.4, 0.5) is 5.82 Å². The second-order valence-corrected chi connectivity index (χ2v) is 10.6. The zero-order valence-electron chi connectivity index (χ0n) is 19.2. The summed E-state index contributed by atoms with van der Waals surface area (Å²) >= 11 is 0. The Bertz CT molecular complexity index is 1370. The molecule has 0 bridgehead atoms. The first kappa shape index (κ1) is 23.0.